The molecular weight excluding hydrogens is 366 g/mol. The van der Waals surface area contributed by atoms with E-state index in [-0.39, 0.29) is 18.4 Å². The van der Waals surface area contributed by atoms with Gasteiger partial charge in [-0.15, -0.1) is 0 Å². The fourth-order valence-electron chi connectivity index (χ4n) is 3.70. The fraction of sp³-hybridized carbons (Fsp3) is 0.435. The summed E-state index contributed by atoms with van der Waals surface area (Å²) in [6, 6.07) is 12.1. The van der Waals surface area contributed by atoms with Gasteiger partial charge in [-0.25, -0.2) is 0 Å². The summed E-state index contributed by atoms with van der Waals surface area (Å²) >= 11 is 0. The Hall–Kier alpha value is -2.73. The van der Waals surface area contributed by atoms with Crippen LogP contribution in [0.3, 0.4) is 0 Å². The quantitative estimate of drug-likeness (QED) is 0.783. The Morgan fingerprint density at radius 3 is 2.45 bits per heavy atom. The van der Waals surface area contributed by atoms with E-state index in [1.807, 2.05) is 50.2 Å². The maximum absolute atomic E-state index is 13.0. The largest absolute Gasteiger partial charge is 0.361 e. The number of amides is 2. The van der Waals surface area contributed by atoms with Crippen LogP contribution in [0.4, 0.5) is 0 Å². The van der Waals surface area contributed by atoms with Gasteiger partial charge in [0.1, 0.15) is 0 Å². The van der Waals surface area contributed by atoms with Crippen LogP contribution in [0.25, 0.3) is 11.1 Å². The van der Waals surface area contributed by atoms with E-state index in [0.717, 1.165) is 23.1 Å². The van der Waals surface area contributed by atoms with Gasteiger partial charge in [0.15, 0.2) is 5.60 Å². The van der Waals surface area contributed by atoms with E-state index in [2.05, 4.69) is 10.3 Å². The Morgan fingerprint density at radius 2 is 1.79 bits per heavy atom. The first-order valence-corrected chi connectivity index (χ1v) is 10.3. The number of hydrogen-bond donors (Lipinski definition) is 1. The van der Waals surface area contributed by atoms with Crippen LogP contribution in [0.15, 0.2) is 48.8 Å². The second kappa shape index (κ2) is 9.65. The number of carbonyl (C=O) groups excluding carboxylic acids is 2. The third kappa shape index (κ3) is 5.01. The Morgan fingerprint density at radius 1 is 1.10 bits per heavy atom. The van der Waals surface area contributed by atoms with Gasteiger partial charge in [0.05, 0.1) is 13.2 Å². The Kier molecular flexibility index (Phi) is 6.99. The molecule has 0 radical (unpaired) electrons. The van der Waals surface area contributed by atoms with Crippen LogP contribution in [0.5, 0.6) is 0 Å². The summed E-state index contributed by atoms with van der Waals surface area (Å²) in [6.07, 6.45) is 5.24. The molecular formula is C23H29N3O3. The second-order valence-electron chi connectivity index (χ2n) is 7.38. The Bertz CT molecular complexity index is 823. The van der Waals surface area contributed by atoms with E-state index in [1.165, 1.54) is 0 Å². The highest BCUT2D eigenvalue weighted by Crippen LogP contribution is 2.26. The van der Waals surface area contributed by atoms with Crippen molar-refractivity contribution in [1.29, 1.82) is 0 Å². The topological polar surface area (TPSA) is 71.5 Å². The predicted molar refractivity (Wildman–Crippen MR) is 112 cm³/mol. The van der Waals surface area contributed by atoms with Crippen LogP contribution < -0.4 is 5.32 Å². The summed E-state index contributed by atoms with van der Waals surface area (Å²) in [5.74, 6) is -0.0790. The van der Waals surface area contributed by atoms with Gasteiger partial charge < -0.3 is 15.0 Å². The minimum Gasteiger partial charge on any atom is -0.361 e. The highest BCUT2D eigenvalue weighted by Gasteiger charge is 2.44. The zero-order valence-electron chi connectivity index (χ0n) is 17.2. The van der Waals surface area contributed by atoms with Crippen molar-refractivity contribution in [2.75, 3.05) is 26.2 Å². The number of pyridine rings is 1. The Labute approximate surface area is 172 Å². The molecule has 154 valence electrons. The molecule has 1 aliphatic heterocycles. The molecule has 0 saturated carbocycles. The first kappa shape index (κ1) is 21.0. The minimum atomic E-state index is -1.06. The highest BCUT2D eigenvalue weighted by atomic mass is 16.5. The van der Waals surface area contributed by atoms with Crippen molar-refractivity contribution in [1.82, 2.24) is 15.2 Å². The average molecular weight is 396 g/mol. The molecule has 0 spiro atoms. The zero-order valence-corrected chi connectivity index (χ0v) is 17.2. The molecule has 6 nitrogen and oxygen atoms in total. The van der Waals surface area contributed by atoms with Gasteiger partial charge >= 0.3 is 0 Å². The lowest BCUT2D eigenvalue weighted by molar-refractivity contribution is -0.166. The third-order valence-corrected chi connectivity index (χ3v) is 5.21. The van der Waals surface area contributed by atoms with Crippen molar-refractivity contribution in [3.05, 3.63) is 54.4 Å². The molecule has 0 aliphatic carbocycles. The van der Waals surface area contributed by atoms with Crippen molar-refractivity contribution in [3.8, 4) is 11.1 Å². The maximum atomic E-state index is 13.0. The monoisotopic (exact) mass is 395 g/mol. The molecule has 1 aromatic heterocycles. The van der Waals surface area contributed by atoms with Crippen LogP contribution in [0.2, 0.25) is 0 Å². The summed E-state index contributed by atoms with van der Waals surface area (Å²) in [7, 11) is 0. The summed E-state index contributed by atoms with van der Waals surface area (Å²) in [5.41, 5.74) is 2.12. The maximum Gasteiger partial charge on any atom is 0.254 e. The molecule has 1 saturated heterocycles. The lowest BCUT2D eigenvalue weighted by Crippen LogP contribution is -2.62. The first-order valence-electron chi connectivity index (χ1n) is 10.3. The van der Waals surface area contributed by atoms with Gasteiger partial charge in [-0.1, -0.05) is 31.2 Å². The average Bonchev–Trinajstić information content (AvgIpc) is 2.75. The number of nitrogens with zero attached hydrogens (tertiary/aromatic N) is 2. The van der Waals surface area contributed by atoms with Crippen molar-refractivity contribution in [3.63, 3.8) is 0 Å². The molecule has 6 heteroatoms. The number of rotatable bonds is 7. The molecule has 29 heavy (non-hydrogen) atoms. The number of hydrogen-bond acceptors (Lipinski definition) is 4. The van der Waals surface area contributed by atoms with Crippen LogP contribution >= 0.6 is 0 Å². The van der Waals surface area contributed by atoms with Gasteiger partial charge in [-0.3, -0.25) is 14.6 Å². The number of nitrogens with one attached hydrogen (secondary N) is 1. The molecule has 1 aromatic carbocycles. The number of ether oxygens (including phenoxy) is 1. The van der Waals surface area contributed by atoms with Crippen LogP contribution in [0.1, 0.15) is 32.3 Å². The molecule has 1 aliphatic rings. The lowest BCUT2D eigenvalue weighted by Gasteiger charge is -2.41. The van der Waals surface area contributed by atoms with Gasteiger partial charge in [0.2, 0.25) is 5.91 Å². The number of carbonyl (C=O) groups is 2. The summed E-state index contributed by atoms with van der Waals surface area (Å²) < 4.78 is 6.04. The summed E-state index contributed by atoms with van der Waals surface area (Å²) in [6.45, 7) is 5.57. The molecule has 2 amide bonds. The first-order chi connectivity index (χ1) is 14.1. The summed E-state index contributed by atoms with van der Waals surface area (Å²) in [4.78, 5) is 31.2. The van der Waals surface area contributed by atoms with Gasteiger partial charge in [-0.05, 0) is 42.2 Å². The molecule has 1 N–H and O–H groups in total. The van der Waals surface area contributed by atoms with E-state index in [1.54, 1.807) is 17.3 Å². The fourth-order valence-corrected chi connectivity index (χ4v) is 3.70. The highest BCUT2D eigenvalue weighted by molar-refractivity contribution is 5.87. The van der Waals surface area contributed by atoms with Crippen molar-refractivity contribution in [2.24, 2.45) is 0 Å². The number of likely N-dealkylation sites (N-methyl/N-ethyl adjacent to an activating group) is 1. The molecule has 1 atom stereocenters. The third-order valence-electron chi connectivity index (χ3n) is 5.21. The van der Waals surface area contributed by atoms with E-state index >= 15 is 0 Å². The van der Waals surface area contributed by atoms with Crippen LogP contribution in [0, 0.1) is 0 Å². The summed E-state index contributed by atoms with van der Waals surface area (Å²) in [5, 5.41) is 2.90. The zero-order chi connectivity index (χ0) is 20.7. The second-order valence-corrected chi connectivity index (χ2v) is 7.38. The van der Waals surface area contributed by atoms with E-state index in [0.29, 0.717) is 32.5 Å². The van der Waals surface area contributed by atoms with E-state index < -0.39 is 5.60 Å². The normalized spacial score (nSPS) is 19.0. The predicted octanol–water partition coefficient (Wildman–Crippen LogP) is 2.82. The van der Waals surface area contributed by atoms with Crippen molar-refractivity contribution >= 4 is 11.8 Å². The SMILES string of the molecule is CCCC(=O)N1CCO[C@](Cc2ccc(-c3ccncc3)cc2)(C(=O)NCC)C1. The van der Waals surface area contributed by atoms with Crippen molar-refractivity contribution < 1.29 is 14.3 Å². The van der Waals surface area contributed by atoms with E-state index in [4.69, 9.17) is 4.74 Å². The van der Waals surface area contributed by atoms with Gasteiger partial charge in [0, 0.05) is 38.3 Å². The van der Waals surface area contributed by atoms with E-state index in [9.17, 15) is 9.59 Å². The van der Waals surface area contributed by atoms with Crippen LogP contribution in [-0.2, 0) is 20.7 Å². The number of benzene rings is 1. The lowest BCUT2D eigenvalue weighted by atomic mass is 9.90. The van der Waals surface area contributed by atoms with Gasteiger partial charge in [-0.2, -0.15) is 0 Å². The number of morpholine rings is 1. The van der Waals surface area contributed by atoms with Crippen molar-refractivity contribution in [2.45, 2.75) is 38.7 Å². The molecule has 2 heterocycles. The standard InChI is InChI=1S/C23H29N3O3/c1-3-5-21(27)26-14-15-29-23(17-26,22(28)25-4-2)16-18-6-8-19(9-7-18)20-10-12-24-13-11-20/h6-13H,3-5,14-17H2,1-2H3,(H,25,28)/t23-/m0/s1. The van der Waals surface area contributed by atoms with Crippen LogP contribution in [-0.4, -0.2) is 53.5 Å². The number of aromatic nitrogens is 1. The molecule has 0 bridgehead atoms. The molecule has 2 aromatic rings. The molecule has 3 rings (SSSR count). The molecule has 1 fully saturated rings. The molecule has 0 unspecified atom stereocenters. The Balaban J connectivity index is 1.82. The van der Waals surface area contributed by atoms with Gasteiger partial charge in [0.25, 0.3) is 5.91 Å². The minimum absolute atomic E-state index is 0.0810. The smallest absolute Gasteiger partial charge is 0.254 e.